The first-order chi connectivity index (χ1) is 11.3. The Morgan fingerprint density at radius 2 is 1.96 bits per heavy atom. The number of nitrogens with zero attached hydrogens (tertiary/aromatic N) is 5. The molecule has 3 aliphatic rings. The molecule has 2 aliphatic heterocycles. The smallest absolute Gasteiger partial charge is 0.178 e. The molecule has 2 saturated heterocycles. The van der Waals surface area contributed by atoms with Crippen molar-refractivity contribution < 1.29 is 9.47 Å². The molecule has 1 spiro atoms. The van der Waals surface area contributed by atoms with Gasteiger partial charge in [-0.15, -0.1) is 15.3 Å². The van der Waals surface area contributed by atoms with Gasteiger partial charge in [0.05, 0.1) is 12.2 Å². The van der Waals surface area contributed by atoms with Crippen LogP contribution < -0.4 is 4.90 Å². The molecule has 5 rings (SSSR count). The van der Waals surface area contributed by atoms with E-state index in [2.05, 4.69) is 21.2 Å². The minimum atomic E-state index is -0.0698. The van der Waals surface area contributed by atoms with Crippen LogP contribution in [-0.4, -0.2) is 58.3 Å². The van der Waals surface area contributed by atoms with E-state index in [0.717, 1.165) is 63.0 Å². The van der Waals surface area contributed by atoms with Gasteiger partial charge in [0, 0.05) is 45.1 Å². The van der Waals surface area contributed by atoms with Crippen LogP contribution in [0.25, 0.3) is 5.65 Å². The molecule has 4 heterocycles. The summed E-state index contributed by atoms with van der Waals surface area (Å²) in [7, 11) is 0. The second kappa shape index (κ2) is 5.14. The zero-order chi connectivity index (χ0) is 15.3. The molecular formula is C16H21N5O2. The van der Waals surface area contributed by atoms with Gasteiger partial charge in [-0.1, -0.05) is 0 Å². The Bertz CT molecular complexity index is 715. The van der Waals surface area contributed by atoms with E-state index in [0.29, 0.717) is 5.92 Å². The number of ether oxygens (including phenoxy) is 2. The molecule has 0 atom stereocenters. The number of hydrogen-bond acceptors (Lipinski definition) is 6. The molecule has 2 aromatic heterocycles. The van der Waals surface area contributed by atoms with Gasteiger partial charge in [-0.2, -0.15) is 4.52 Å². The maximum atomic E-state index is 6.12. The van der Waals surface area contributed by atoms with E-state index in [4.69, 9.17) is 14.6 Å². The summed E-state index contributed by atoms with van der Waals surface area (Å²) >= 11 is 0. The summed E-state index contributed by atoms with van der Waals surface area (Å²) in [5, 5.41) is 13.4. The maximum absolute atomic E-state index is 6.12. The second-order valence-electron chi connectivity index (χ2n) is 6.86. The van der Waals surface area contributed by atoms with Crippen molar-refractivity contribution in [1.82, 2.24) is 19.8 Å². The van der Waals surface area contributed by atoms with Gasteiger partial charge in [-0.05, 0) is 25.0 Å². The highest BCUT2D eigenvalue weighted by molar-refractivity contribution is 5.47. The highest BCUT2D eigenvalue weighted by atomic mass is 16.5. The van der Waals surface area contributed by atoms with E-state index in [1.165, 1.54) is 12.8 Å². The normalized spacial score (nSPS) is 24.4. The topological polar surface area (TPSA) is 64.8 Å². The van der Waals surface area contributed by atoms with Crippen molar-refractivity contribution in [2.24, 2.45) is 0 Å². The summed E-state index contributed by atoms with van der Waals surface area (Å²) in [6, 6.07) is 4.08. The number of anilines is 1. The van der Waals surface area contributed by atoms with Gasteiger partial charge < -0.3 is 14.4 Å². The molecule has 2 aromatic rings. The molecule has 0 amide bonds. The Balaban J connectivity index is 1.46. The molecule has 0 unspecified atom stereocenters. The lowest BCUT2D eigenvalue weighted by molar-refractivity contribution is -0.116. The highest BCUT2D eigenvalue weighted by Gasteiger charge is 2.39. The van der Waals surface area contributed by atoms with Crippen molar-refractivity contribution in [3.05, 3.63) is 18.0 Å². The Labute approximate surface area is 134 Å². The lowest BCUT2D eigenvalue weighted by Crippen LogP contribution is -2.54. The van der Waals surface area contributed by atoms with Gasteiger partial charge in [0.2, 0.25) is 0 Å². The van der Waals surface area contributed by atoms with Crippen LogP contribution in [0.2, 0.25) is 0 Å². The average Bonchev–Trinajstić information content (AvgIpc) is 3.34. The fourth-order valence-corrected chi connectivity index (χ4v) is 3.65. The van der Waals surface area contributed by atoms with Crippen LogP contribution in [0.3, 0.4) is 0 Å². The van der Waals surface area contributed by atoms with Crippen LogP contribution in [0.5, 0.6) is 0 Å². The highest BCUT2D eigenvalue weighted by Crippen LogP contribution is 2.39. The van der Waals surface area contributed by atoms with Gasteiger partial charge in [0.25, 0.3) is 0 Å². The summed E-state index contributed by atoms with van der Waals surface area (Å²) < 4.78 is 13.6. The van der Waals surface area contributed by atoms with Crippen LogP contribution in [0.4, 0.5) is 5.82 Å². The predicted molar refractivity (Wildman–Crippen MR) is 83.7 cm³/mol. The minimum absolute atomic E-state index is 0.0698. The number of morpholine rings is 1. The minimum Gasteiger partial charge on any atom is -0.381 e. The lowest BCUT2D eigenvalue weighted by Gasteiger charge is -2.45. The largest absolute Gasteiger partial charge is 0.381 e. The SMILES string of the molecule is c1cc2nnc(C3CC3)n2nc1N1CCOC2(CCOCC2)C1. The van der Waals surface area contributed by atoms with Crippen LogP contribution in [-0.2, 0) is 9.47 Å². The van der Waals surface area contributed by atoms with Crippen LogP contribution >= 0.6 is 0 Å². The monoisotopic (exact) mass is 315 g/mol. The molecule has 7 heteroatoms. The first-order valence-electron chi connectivity index (χ1n) is 8.52. The van der Waals surface area contributed by atoms with Crippen molar-refractivity contribution in [3.63, 3.8) is 0 Å². The third-order valence-electron chi connectivity index (χ3n) is 5.19. The number of fused-ring (bicyclic) bond motifs is 1. The number of hydrogen-bond donors (Lipinski definition) is 0. The third kappa shape index (κ3) is 2.38. The van der Waals surface area contributed by atoms with Gasteiger partial charge in [0.15, 0.2) is 11.5 Å². The van der Waals surface area contributed by atoms with Crippen molar-refractivity contribution in [1.29, 1.82) is 0 Å². The number of rotatable bonds is 2. The molecule has 23 heavy (non-hydrogen) atoms. The molecule has 1 saturated carbocycles. The maximum Gasteiger partial charge on any atom is 0.178 e. The lowest BCUT2D eigenvalue weighted by atomic mass is 9.92. The van der Waals surface area contributed by atoms with E-state index in [1.54, 1.807) is 0 Å². The fraction of sp³-hybridized carbons (Fsp3) is 0.688. The summed E-state index contributed by atoms with van der Waals surface area (Å²) in [6.07, 6.45) is 4.33. The Kier molecular flexibility index (Phi) is 3.06. The molecule has 122 valence electrons. The summed E-state index contributed by atoms with van der Waals surface area (Å²) in [6.45, 7) is 4.09. The molecule has 7 nitrogen and oxygen atoms in total. The first-order valence-corrected chi connectivity index (χ1v) is 8.52. The standard InChI is InChI=1S/C16H21N5O2/c1-2-12(1)15-18-17-13-3-4-14(19-21(13)15)20-7-10-23-16(11-20)5-8-22-9-6-16/h3-4,12H,1-2,5-11H2. The van der Waals surface area contributed by atoms with Crippen LogP contribution in [0, 0.1) is 0 Å². The van der Waals surface area contributed by atoms with E-state index in [1.807, 2.05) is 10.6 Å². The Morgan fingerprint density at radius 3 is 2.78 bits per heavy atom. The Morgan fingerprint density at radius 1 is 1.09 bits per heavy atom. The molecule has 0 bridgehead atoms. The summed E-state index contributed by atoms with van der Waals surface area (Å²) in [4.78, 5) is 2.34. The van der Waals surface area contributed by atoms with Gasteiger partial charge >= 0.3 is 0 Å². The summed E-state index contributed by atoms with van der Waals surface area (Å²) in [5.41, 5.74) is 0.768. The molecule has 1 aliphatic carbocycles. The molecule has 3 fully saturated rings. The van der Waals surface area contributed by atoms with E-state index in [-0.39, 0.29) is 5.60 Å². The average molecular weight is 315 g/mol. The second-order valence-corrected chi connectivity index (χ2v) is 6.86. The van der Waals surface area contributed by atoms with Gasteiger partial charge in [0.1, 0.15) is 5.82 Å². The molecule has 0 radical (unpaired) electrons. The van der Waals surface area contributed by atoms with Crippen molar-refractivity contribution in [2.45, 2.75) is 37.2 Å². The number of aromatic nitrogens is 4. The summed E-state index contributed by atoms with van der Waals surface area (Å²) in [5.74, 6) is 2.54. The van der Waals surface area contributed by atoms with Gasteiger partial charge in [-0.25, -0.2) is 0 Å². The van der Waals surface area contributed by atoms with E-state index < -0.39 is 0 Å². The fourth-order valence-electron chi connectivity index (χ4n) is 3.65. The quantitative estimate of drug-likeness (QED) is 0.834. The van der Waals surface area contributed by atoms with Crippen molar-refractivity contribution >= 4 is 11.5 Å². The Hall–Kier alpha value is -1.73. The zero-order valence-electron chi connectivity index (χ0n) is 13.1. The van der Waals surface area contributed by atoms with Crippen molar-refractivity contribution in [3.8, 4) is 0 Å². The van der Waals surface area contributed by atoms with E-state index >= 15 is 0 Å². The molecular weight excluding hydrogens is 294 g/mol. The van der Waals surface area contributed by atoms with Gasteiger partial charge in [-0.3, -0.25) is 0 Å². The molecule has 0 N–H and O–H groups in total. The third-order valence-corrected chi connectivity index (χ3v) is 5.19. The van der Waals surface area contributed by atoms with Crippen LogP contribution in [0.15, 0.2) is 12.1 Å². The zero-order valence-corrected chi connectivity index (χ0v) is 13.1. The predicted octanol–water partition coefficient (Wildman–Crippen LogP) is 1.39. The molecule has 0 aromatic carbocycles. The van der Waals surface area contributed by atoms with Crippen molar-refractivity contribution in [2.75, 3.05) is 37.8 Å². The first kappa shape index (κ1) is 13.7. The van der Waals surface area contributed by atoms with E-state index in [9.17, 15) is 0 Å². The van der Waals surface area contributed by atoms with Crippen LogP contribution in [0.1, 0.15) is 37.4 Å².